The Morgan fingerprint density at radius 2 is 2.12 bits per heavy atom. The molecule has 2 aliphatic rings. The highest BCUT2D eigenvalue weighted by atomic mass is 19.3. The number of nitrogens with zero attached hydrogens (tertiary/aromatic N) is 6. The topological polar surface area (TPSA) is 85.5 Å². The number of ketones is 1. The van der Waals surface area contributed by atoms with E-state index in [0.717, 1.165) is 19.8 Å². The average molecular weight is 465 g/mol. The number of anilines is 2. The van der Waals surface area contributed by atoms with Crippen LogP contribution >= 0.6 is 0 Å². The molecule has 9 nitrogen and oxygen atoms in total. The number of aryl methyl sites for hydroxylation is 1. The molecule has 0 aromatic carbocycles. The van der Waals surface area contributed by atoms with E-state index >= 15 is 0 Å². The zero-order valence-corrected chi connectivity index (χ0v) is 19.2. The standard InChI is InChI=1S/C22H30F2N6O3/c1-4-5-15-13-28(10-11-33-15)19-12-20(32)29-9-7-18(22(2,23)24)30(21(29)26-19)14-17(31)16-6-8-25-27(16)3/h6,8,12,15,18H,4-5,7,9-11,13-14H2,1-3H3. The Morgan fingerprint density at radius 3 is 2.79 bits per heavy atom. The molecule has 2 unspecified atom stereocenters. The van der Waals surface area contributed by atoms with Gasteiger partial charge in [0.1, 0.15) is 11.5 Å². The quantitative estimate of drug-likeness (QED) is 0.580. The van der Waals surface area contributed by atoms with Crippen molar-refractivity contribution in [1.29, 1.82) is 0 Å². The second-order valence-electron chi connectivity index (χ2n) is 8.78. The van der Waals surface area contributed by atoms with Gasteiger partial charge in [0, 0.05) is 45.9 Å². The molecule has 180 valence electrons. The van der Waals surface area contributed by atoms with Crippen LogP contribution in [0.15, 0.2) is 23.1 Å². The van der Waals surface area contributed by atoms with Crippen molar-refractivity contribution in [1.82, 2.24) is 19.3 Å². The van der Waals surface area contributed by atoms with Gasteiger partial charge in [-0.05, 0) is 18.9 Å². The normalized spacial score (nSPS) is 21.2. The molecule has 33 heavy (non-hydrogen) atoms. The van der Waals surface area contributed by atoms with Crippen LogP contribution in [-0.2, 0) is 18.3 Å². The van der Waals surface area contributed by atoms with Crippen molar-refractivity contribution in [2.24, 2.45) is 7.05 Å². The van der Waals surface area contributed by atoms with Gasteiger partial charge in [-0.3, -0.25) is 18.8 Å². The summed E-state index contributed by atoms with van der Waals surface area (Å²) in [5.74, 6) is -2.93. The first-order valence-electron chi connectivity index (χ1n) is 11.3. The Hall–Kier alpha value is -2.82. The lowest BCUT2D eigenvalue weighted by Gasteiger charge is -2.41. The van der Waals surface area contributed by atoms with Gasteiger partial charge in [0.2, 0.25) is 5.95 Å². The Labute approximate surface area is 190 Å². The first-order chi connectivity index (χ1) is 15.7. The second-order valence-corrected chi connectivity index (χ2v) is 8.78. The molecule has 0 amide bonds. The van der Waals surface area contributed by atoms with E-state index in [4.69, 9.17) is 4.74 Å². The molecular weight excluding hydrogens is 434 g/mol. The van der Waals surface area contributed by atoms with Crippen LogP contribution in [0.3, 0.4) is 0 Å². The van der Waals surface area contributed by atoms with Crippen molar-refractivity contribution >= 4 is 17.5 Å². The molecule has 4 rings (SSSR count). The van der Waals surface area contributed by atoms with Gasteiger partial charge in [0.25, 0.3) is 11.5 Å². The van der Waals surface area contributed by atoms with Crippen LogP contribution in [0.4, 0.5) is 20.5 Å². The first kappa shape index (κ1) is 23.3. The van der Waals surface area contributed by atoms with E-state index in [-0.39, 0.29) is 42.9 Å². The third-order valence-electron chi connectivity index (χ3n) is 6.31. The van der Waals surface area contributed by atoms with Gasteiger partial charge < -0.3 is 14.5 Å². The number of carbonyl (C=O) groups excluding carboxylic acids is 1. The Bertz CT molecular complexity index is 1060. The van der Waals surface area contributed by atoms with Crippen LogP contribution in [0.5, 0.6) is 0 Å². The molecule has 2 aromatic rings. The molecule has 2 aromatic heterocycles. The van der Waals surface area contributed by atoms with Crippen LogP contribution in [0.2, 0.25) is 0 Å². The number of morpholine rings is 1. The van der Waals surface area contributed by atoms with Crippen molar-refractivity contribution in [3.63, 3.8) is 0 Å². The molecule has 1 fully saturated rings. The maximum Gasteiger partial charge on any atom is 0.265 e. The van der Waals surface area contributed by atoms with Gasteiger partial charge in [0.15, 0.2) is 5.78 Å². The number of halogens is 2. The molecule has 4 heterocycles. The first-order valence-corrected chi connectivity index (χ1v) is 11.3. The fourth-order valence-corrected chi connectivity index (χ4v) is 4.64. The van der Waals surface area contributed by atoms with E-state index in [1.54, 1.807) is 13.1 Å². The molecular formula is C22H30F2N6O3. The maximum absolute atomic E-state index is 14.6. The number of aromatic nitrogens is 4. The second kappa shape index (κ2) is 9.20. The Morgan fingerprint density at radius 1 is 1.33 bits per heavy atom. The van der Waals surface area contributed by atoms with Gasteiger partial charge >= 0.3 is 0 Å². The third-order valence-corrected chi connectivity index (χ3v) is 6.31. The molecule has 1 saturated heterocycles. The minimum atomic E-state index is -3.09. The highest BCUT2D eigenvalue weighted by molar-refractivity contribution is 5.97. The van der Waals surface area contributed by atoms with Gasteiger partial charge in [-0.15, -0.1) is 0 Å². The highest BCUT2D eigenvalue weighted by Crippen LogP contribution is 2.33. The van der Waals surface area contributed by atoms with Crippen molar-refractivity contribution in [2.75, 3.05) is 36.0 Å². The summed E-state index contributed by atoms with van der Waals surface area (Å²) in [6.45, 7) is 4.34. The van der Waals surface area contributed by atoms with E-state index < -0.39 is 12.0 Å². The third kappa shape index (κ3) is 4.78. The number of Topliss-reactive ketones (excluding diaryl/α,β-unsaturated/α-hetero) is 1. The number of alkyl halides is 2. The smallest absolute Gasteiger partial charge is 0.265 e. The zero-order chi connectivity index (χ0) is 23.8. The van der Waals surface area contributed by atoms with Crippen molar-refractivity contribution in [3.8, 4) is 0 Å². The highest BCUT2D eigenvalue weighted by Gasteiger charge is 2.43. The number of hydrogen-bond acceptors (Lipinski definition) is 7. The maximum atomic E-state index is 14.6. The van der Waals surface area contributed by atoms with E-state index in [9.17, 15) is 18.4 Å². The lowest BCUT2D eigenvalue weighted by molar-refractivity contribution is -0.0151. The number of rotatable bonds is 7. The fourth-order valence-electron chi connectivity index (χ4n) is 4.64. The summed E-state index contributed by atoms with van der Waals surface area (Å²) in [7, 11) is 1.62. The number of hydrogen-bond donors (Lipinski definition) is 0. The molecule has 0 aliphatic carbocycles. The van der Waals surface area contributed by atoms with E-state index in [2.05, 4.69) is 17.0 Å². The number of carbonyl (C=O) groups is 1. The molecule has 0 spiro atoms. The summed E-state index contributed by atoms with van der Waals surface area (Å²) in [5, 5.41) is 3.99. The zero-order valence-electron chi connectivity index (χ0n) is 19.2. The predicted octanol–water partition coefficient (Wildman–Crippen LogP) is 2.10. The molecule has 2 atom stereocenters. The lowest BCUT2D eigenvalue weighted by atomic mass is 10.0. The average Bonchev–Trinajstić information content (AvgIpc) is 3.19. The van der Waals surface area contributed by atoms with Crippen molar-refractivity contribution in [3.05, 3.63) is 34.4 Å². The van der Waals surface area contributed by atoms with Crippen molar-refractivity contribution in [2.45, 2.75) is 57.7 Å². The summed E-state index contributed by atoms with van der Waals surface area (Å²) < 4.78 is 37.8. The summed E-state index contributed by atoms with van der Waals surface area (Å²) in [5.41, 5.74) is -0.0104. The molecule has 0 N–H and O–H groups in total. The van der Waals surface area contributed by atoms with Gasteiger partial charge in [-0.2, -0.15) is 10.1 Å². The Balaban J connectivity index is 1.71. The SMILES string of the molecule is CCCC1CN(c2cc(=O)n3c(n2)N(CC(=O)c2ccnn2C)C(C(C)(F)F)CC3)CCO1. The molecule has 0 radical (unpaired) electrons. The number of fused-ring (bicyclic) bond motifs is 1. The lowest BCUT2D eigenvalue weighted by Crippen LogP contribution is -2.54. The summed E-state index contributed by atoms with van der Waals surface area (Å²) >= 11 is 0. The van der Waals surface area contributed by atoms with Crippen LogP contribution < -0.4 is 15.4 Å². The predicted molar refractivity (Wildman–Crippen MR) is 119 cm³/mol. The fraction of sp³-hybridized carbons (Fsp3) is 0.636. The monoisotopic (exact) mass is 464 g/mol. The largest absolute Gasteiger partial charge is 0.375 e. The minimum absolute atomic E-state index is 0.0274. The van der Waals surface area contributed by atoms with Gasteiger partial charge in [0.05, 0.1) is 25.3 Å². The van der Waals surface area contributed by atoms with E-state index in [1.807, 2.05) is 4.90 Å². The summed E-state index contributed by atoms with van der Waals surface area (Å²) in [4.78, 5) is 33.8. The summed E-state index contributed by atoms with van der Waals surface area (Å²) in [6, 6.07) is 1.74. The van der Waals surface area contributed by atoms with Crippen molar-refractivity contribution < 1.29 is 18.3 Å². The molecule has 11 heteroatoms. The number of ether oxygens (including phenoxy) is 1. The molecule has 2 aliphatic heterocycles. The van der Waals surface area contributed by atoms with Crippen LogP contribution in [0.1, 0.15) is 43.6 Å². The minimum Gasteiger partial charge on any atom is -0.375 e. The van der Waals surface area contributed by atoms with Crippen LogP contribution in [-0.4, -0.2) is 69.4 Å². The summed E-state index contributed by atoms with van der Waals surface area (Å²) in [6.07, 6.45) is 3.40. The molecule has 0 saturated carbocycles. The van der Waals surface area contributed by atoms with Gasteiger partial charge in [-0.1, -0.05) is 13.3 Å². The van der Waals surface area contributed by atoms with Gasteiger partial charge in [-0.25, -0.2) is 8.78 Å². The van der Waals surface area contributed by atoms with E-state index in [1.165, 1.54) is 26.4 Å². The van der Waals surface area contributed by atoms with Crippen LogP contribution in [0.25, 0.3) is 0 Å². The van der Waals surface area contributed by atoms with E-state index in [0.29, 0.717) is 31.2 Å². The molecule has 0 bridgehead atoms. The van der Waals surface area contributed by atoms with Crippen LogP contribution in [0, 0.1) is 0 Å². The Kier molecular flexibility index (Phi) is 6.51.